The summed E-state index contributed by atoms with van der Waals surface area (Å²) in [5, 5.41) is 43.9. The Kier molecular flexibility index (Phi) is 16.9. The van der Waals surface area contributed by atoms with Gasteiger partial charge >= 0.3 is 5.97 Å². The van der Waals surface area contributed by atoms with Crippen LogP contribution in [0.15, 0.2) is 23.3 Å². The van der Waals surface area contributed by atoms with E-state index in [0.717, 1.165) is 5.57 Å². The van der Waals surface area contributed by atoms with Crippen LogP contribution in [0.25, 0.3) is 0 Å². The van der Waals surface area contributed by atoms with Crippen molar-refractivity contribution in [3.05, 3.63) is 23.3 Å². The number of aliphatic hydroxyl groups excluding tert-OH is 3. The van der Waals surface area contributed by atoms with Crippen molar-refractivity contribution < 1.29 is 58.6 Å². The summed E-state index contributed by atoms with van der Waals surface area (Å²) in [6.07, 6.45) is 3.79. The molecule has 0 unspecified atom stereocenters. The third kappa shape index (κ3) is 10.7. The second-order valence-electron chi connectivity index (χ2n) is 17.3. The summed E-state index contributed by atoms with van der Waals surface area (Å²) in [7, 11) is 3.05. The number of allylic oxidation sites excluding steroid dienone is 3. The minimum Gasteiger partial charge on any atom is -0.456 e. The smallest absolute Gasteiger partial charge is 0.329 e. The molecule has 0 aromatic carbocycles. The molecule has 1 saturated carbocycles. The number of nitrogens with zero attached hydrogens (tertiary/aromatic N) is 1. The molecule has 4 N–H and O–H groups in total. The van der Waals surface area contributed by atoms with Crippen LogP contribution in [0.1, 0.15) is 112 Å². The van der Waals surface area contributed by atoms with Gasteiger partial charge < -0.3 is 44.3 Å². The number of piperidine rings is 1. The van der Waals surface area contributed by atoms with Gasteiger partial charge in [-0.05, 0) is 95.5 Å². The molecule has 0 spiro atoms. The molecule has 0 radical (unpaired) electrons. The van der Waals surface area contributed by atoms with Gasteiger partial charge in [0.1, 0.15) is 24.0 Å². The topological polar surface area (TPSA) is 189 Å². The predicted molar refractivity (Wildman–Crippen MR) is 208 cm³/mol. The maximum Gasteiger partial charge on any atom is 0.329 e. The molecule has 13 heteroatoms. The van der Waals surface area contributed by atoms with Gasteiger partial charge in [0.25, 0.3) is 11.7 Å². The number of fused-ring (bicyclic) bond motifs is 3. The van der Waals surface area contributed by atoms with Crippen molar-refractivity contribution in [3.63, 3.8) is 0 Å². The van der Waals surface area contributed by atoms with Gasteiger partial charge in [-0.3, -0.25) is 14.4 Å². The molecule has 3 heterocycles. The number of rotatable bonds is 6. The van der Waals surface area contributed by atoms with Gasteiger partial charge in [0.05, 0.1) is 24.4 Å². The first-order valence-electron chi connectivity index (χ1n) is 20.9. The largest absolute Gasteiger partial charge is 0.456 e. The fraction of sp³-hybridized carbons (Fsp3) is 0.814. The van der Waals surface area contributed by atoms with E-state index in [1.54, 1.807) is 20.8 Å². The van der Waals surface area contributed by atoms with E-state index in [1.165, 1.54) is 19.1 Å². The summed E-state index contributed by atoms with van der Waals surface area (Å²) >= 11 is 0. The highest BCUT2D eigenvalue weighted by atomic mass is 16.7. The normalized spacial score (nSPS) is 41.6. The van der Waals surface area contributed by atoms with Crippen LogP contribution in [0.3, 0.4) is 0 Å². The van der Waals surface area contributed by atoms with Crippen molar-refractivity contribution in [1.29, 1.82) is 0 Å². The summed E-state index contributed by atoms with van der Waals surface area (Å²) in [5.74, 6) is -7.92. The molecule has 4 aliphatic rings. The van der Waals surface area contributed by atoms with E-state index in [0.29, 0.717) is 56.9 Å². The summed E-state index contributed by atoms with van der Waals surface area (Å²) < 4.78 is 24.2. The van der Waals surface area contributed by atoms with Crippen molar-refractivity contribution in [2.24, 2.45) is 35.5 Å². The van der Waals surface area contributed by atoms with E-state index in [-0.39, 0.29) is 56.0 Å². The molecule has 318 valence electrons. The molecule has 13 nitrogen and oxygen atoms in total. The number of carbonyl (C=O) groups is 4. The molecule has 56 heavy (non-hydrogen) atoms. The first-order chi connectivity index (χ1) is 26.5. The number of carbonyl (C=O) groups excluding carboxylic acids is 4. The minimum atomic E-state index is -2.51. The quantitative estimate of drug-likeness (QED) is 0.172. The highest BCUT2D eigenvalue weighted by molar-refractivity contribution is 6.39. The van der Waals surface area contributed by atoms with Crippen molar-refractivity contribution in [3.8, 4) is 0 Å². The van der Waals surface area contributed by atoms with Crippen LogP contribution in [0.2, 0.25) is 0 Å². The lowest BCUT2D eigenvalue weighted by Gasteiger charge is -2.47. The number of aliphatic hydroxyl groups is 4. The Morgan fingerprint density at radius 2 is 1.64 bits per heavy atom. The average Bonchev–Trinajstić information content (AvgIpc) is 3.18. The number of amides is 1. The summed E-state index contributed by atoms with van der Waals surface area (Å²) in [6.45, 7) is 11.0. The third-order valence-corrected chi connectivity index (χ3v) is 13.0. The molecule has 3 aliphatic heterocycles. The van der Waals surface area contributed by atoms with Crippen LogP contribution in [-0.4, -0.2) is 125 Å². The van der Waals surface area contributed by atoms with Gasteiger partial charge in [0.2, 0.25) is 5.79 Å². The zero-order valence-corrected chi connectivity index (χ0v) is 34.9. The first-order valence-corrected chi connectivity index (χ1v) is 20.9. The molecular weight excluding hydrogens is 722 g/mol. The van der Waals surface area contributed by atoms with Crippen LogP contribution in [0.4, 0.5) is 0 Å². The number of ether oxygens (including phenoxy) is 4. The zero-order chi connectivity index (χ0) is 41.5. The predicted octanol–water partition coefficient (Wildman–Crippen LogP) is 4.07. The van der Waals surface area contributed by atoms with Crippen LogP contribution in [0, 0.1) is 35.5 Å². The summed E-state index contributed by atoms with van der Waals surface area (Å²) in [5.41, 5.74) is 1.63. The molecule has 1 amide bonds. The number of hydrogen-bond acceptors (Lipinski definition) is 12. The molecule has 2 saturated heterocycles. The highest BCUT2D eigenvalue weighted by Crippen LogP contribution is 2.39. The Hall–Kier alpha value is -2.52. The van der Waals surface area contributed by atoms with Crippen LogP contribution in [0.5, 0.6) is 0 Å². The van der Waals surface area contributed by atoms with Crippen LogP contribution >= 0.6 is 0 Å². The van der Waals surface area contributed by atoms with Gasteiger partial charge in [-0.25, -0.2) is 4.79 Å². The Morgan fingerprint density at radius 1 is 0.964 bits per heavy atom. The third-order valence-electron chi connectivity index (χ3n) is 13.0. The van der Waals surface area contributed by atoms with E-state index >= 15 is 0 Å². The maximum atomic E-state index is 14.3. The van der Waals surface area contributed by atoms with Gasteiger partial charge in [0, 0.05) is 57.5 Å². The minimum absolute atomic E-state index is 0.0299. The van der Waals surface area contributed by atoms with E-state index in [1.807, 2.05) is 32.9 Å². The lowest BCUT2D eigenvalue weighted by atomic mass is 9.78. The van der Waals surface area contributed by atoms with E-state index in [9.17, 15) is 39.6 Å². The van der Waals surface area contributed by atoms with Gasteiger partial charge in [0.15, 0.2) is 0 Å². The van der Waals surface area contributed by atoms with Gasteiger partial charge in [-0.1, -0.05) is 45.4 Å². The average molecular weight is 792 g/mol. The lowest BCUT2D eigenvalue weighted by molar-refractivity contribution is -0.302. The number of esters is 1. The number of hydrogen-bond donors (Lipinski definition) is 4. The first kappa shape index (κ1) is 46.2. The standard InChI is InChI=1S/C43H69NO12/c1-9-30-17-24(2)16-25(3)18-36(53-7)39-37(54-8)20-27(5)43(52,56-39)40(49)41(50)44-15-11-10-12-32(44)42(51)55-38(28(6)34(47)22-35(30)48)26(4)19-29-13-14-33(46)31(21-29)23-45/h17,19,25,27-34,36-39,45-47,52H,9-16,18,20-23H2,1-8H3/b24-17+,26-19+/t25-,27+,28+,29-,30+,31-,32-,33+,34-,36-,37-,38+,39+,43+/m0/s1. The molecule has 4 rings (SSSR count). The Bertz CT molecular complexity index is 1430. The van der Waals surface area contributed by atoms with E-state index < -0.39 is 83.9 Å². The maximum absolute atomic E-state index is 14.3. The molecule has 0 aromatic rings. The van der Waals surface area contributed by atoms with Crippen LogP contribution < -0.4 is 0 Å². The Morgan fingerprint density at radius 3 is 2.29 bits per heavy atom. The van der Waals surface area contributed by atoms with E-state index in [2.05, 4.69) is 0 Å². The molecule has 2 bridgehead atoms. The SMILES string of the molecule is CC[C@@H]1/C=C(\C)C[C@H](C)C[C@H](OC)[C@H]2O[C@@](O)(C(=O)C(=O)N3CCCC[C@H]3C(=O)O[C@H](/C(C)=C/[C@@H]3CC[C@@H](O)[C@H](CO)C3)[C@H](C)[C@@H](O)CC1=O)[C@H](C)C[C@@H]2OC. The van der Waals surface area contributed by atoms with E-state index in [4.69, 9.17) is 18.9 Å². The zero-order valence-electron chi connectivity index (χ0n) is 34.9. The number of methoxy groups -OCH3 is 2. The van der Waals surface area contributed by atoms with Crippen molar-refractivity contribution in [2.45, 2.75) is 161 Å². The fourth-order valence-electron chi connectivity index (χ4n) is 9.47. The van der Waals surface area contributed by atoms with Gasteiger partial charge in [-0.15, -0.1) is 0 Å². The summed E-state index contributed by atoms with van der Waals surface area (Å²) in [4.78, 5) is 57.6. The number of cyclic esters (lactones) is 1. The van der Waals surface area contributed by atoms with Crippen molar-refractivity contribution in [1.82, 2.24) is 4.90 Å². The molecule has 3 fully saturated rings. The monoisotopic (exact) mass is 791 g/mol. The summed E-state index contributed by atoms with van der Waals surface area (Å²) in [6, 6.07) is -1.14. The molecular formula is C43H69NO12. The number of Topliss-reactive ketones (excluding diaryl/α,β-unsaturated/α-hetero) is 2. The number of ketones is 2. The van der Waals surface area contributed by atoms with Crippen LogP contribution in [-0.2, 0) is 38.1 Å². The van der Waals surface area contributed by atoms with Gasteiger partial charge in [-0.2, -0.15) is 0 Å². The molecule has 0 aromatic heterocycles. The fourth-order valence-corrected chi connectivity index (χ4v) is 9.47. The molecule has 14 atom stereocenters. The molecule has 1 aliphatic carbocycles. The second kappa shape index (κ2) is 20.4. The Labute approximate surface area is 333 Å². The second-order valence-corrected chi connectivity index (χ2v) is 17.3. The van der Waals surface area contributed by atoms with Crippen molar-refractivity contribution in [2.75, 3.05) is 27.4 Å². The highest BCUT2D eigenvalue weighted by Gasteiger charge is 2.56. The Balaban J connectivity index is 1.76. The lowest BCUT2D eigenvalue weighted by Crippen LogP contribution is -2.64. The van der Waals surface area contributed by atoms with Crippen molar-refractivity contribution >= 4 is 23.4 Å².